The minimum Gasteiger partial charge on any atom is -0.467 e. The zero-order valence-corrected chi connectivity index (χ0v) is 17.3. The minimum absolute atomic E-state index is 0.00866. The molecule has 2 aromatic carbocycles. The van der Waals surface area contributed by atoms with Crippen LogP contribution in [-0.2, 0) is 27.8 Å². The number of nitrogens with zero attached hydrogens (tertiary/aromatic N) is 2. The summed E-state index contributed by atoms with van der Waals surface area (Å²) in [7, 11) is -4.02. The summed E-state index contributed by atoms with van der Waals surface area (Å²) in [6.45, 7) is 0.157. The van der Waals surface area contributed by atoms with E-state index in [2.05, 4.69) is 18.8 Å². The van der Waals surface area contributed by atoms with E-state index in [1.807, 2.05) is 30.3 Å². The van der Waals surface area contributed by atoms with Crippen molar-refractivity contribution in [2.24, 2.45) is 0 Å². The van der Waals surface area contributed by atoms with Crippen LogP contribution in [0.4, 0.5) is 0 Å². The van der Waals surface area contributed by atoms with Gasteiger partial charge in [0.1, 0.15) is 27.7 Å². The summed E-state index contributed by atoms with van der Waals surface area (Å²) in [5.41, 5.74) is 1.60. The first-order valence-electron chi connectivity index (χ1n) is 9.10. The molecule has 4 rings (SSSR count). The summed E-state index contributed by atoms with van der Waals surface area (Å²) < 4.78 is 42.2. The fourth-order valence-electron chi connectivity index (χ4n) is 3.00. The number of hydrogen-bond acceptors (Lipinski definition) is 7. The summed E-state index contributed by atoms with van der Waals surface area (Å²) >= 11 is 0.936. The van der Waals surface area contributed by atoms with E-state index in [4.69, 9.17) is 4.42 Å². The van der Waals surface area contributed by atoms with Crippen molar-refractivity contribution in [3.8, 4) is 0 Å². The lowest BCUT2D eigenvalue weighted by Crippen LogP contribution is -2.47. The van der Waals surface area contributed by atoms with E-state index in [1.165, 1.54) is 12.3 Å². The molecule has 0 radical (unpaired) electrons. The highest BCUT2D eigenvalue weighted by atomic mass is 32.2. The van der Waals surface area contributed by atoms with Gasteiger partial charge in [-0.15, -0.1) is 0 Å². The van der Waals surface area contributed by atoms with Crippen molar-refractivity contribution in [3.63, 3.8) is 0 Å². The van der Waals surface area contributed by atoms with Crippen LogP contribution in [0.25, 0.3) is 11.0 Å². The molecule has 154 valence electrons. The van der Waals surface area contributed by atoms with Crippen LogP contribution in [0, 0.1) is 0 Å². The Morgan fingerprint density at radius 3 is 2.63 bits per heavy atom. The van der Waals surface area contributed by atoms with Crippen LogP contribution in [0.1, 0.15) is 11.3 Å². The second-order valence-electron chi connectivity index (χ2n) is 6.55. The molecule has 0 bridgehead atoms. The fourth-order valence-corrected chi connectivity index (χ4v) is 4.96. The van der Waals surface area contributed by atoms with Gasteiger partial charge in [-0.25, -0.2) is 8.42 Å². The van der Waals surface area contributed by atoms with Gasteiger partial charge in [0.05, 0.1) is 24.5 Å². The van der Waals surface area contributed by atoms with Crippen molar-refractivity contribution in [3.05, 3.63) is 78.3 Å². The van der Waals surface area contributed by atoms with Crippen molar-refractivity contribution in [1.82, 2.24) is 18.8 Å². The van der Waals surface area contributed by atoms with Crippen molar-refractivity contribution in [1.29, 1.82) is 0 Å². The maximum absolute atomic E-state index is 13.1. The molecule has 10 heteroatoms. The molecule has 4 aromatic rings. The number of hydrogen-bond donors (Lipinski definition) is 2. The third-order valence-electron chi connectivity index (χ3n) is 4.45. The Hall–Kier alpha value is -3.08. The largest absolute Gasteiger partial charge is 0.467 e. The number of nitrogens with one attached hydrogen (secondary N) is 2. The van der Waals surface area contributed by atoms with Crippen LogP contribution in [0.3, 0.4) is 0 Å². The highest BCUT2D eigenvalue weighted by molar-refractivity contribution is 7.89. The van der Waals surface area contributed by atoms with Crippen LogP contribution in [0.15, 0.2) is 76.2 Å². The molecule has 2 N–H and O–H groups in total. The van der Waals surface area contributed by atoms with E-state index in [9.17, 15) is 13.2 Å². The SMILES string of the molecule is O=C(NCc1ccco1)[C@@H](Cc1ccccc1)NS(=O)(=O)c1cccc2nsnc12. The topological polar surface area (TPSA) is 114 Å². The van der Waals surface area contributed by atoms with Gasteiger partial charge in [0.25, 0.3) is 0 Å². The van der Waals surface area contributed by atoms with Crippen LogP contribution >= 0.6 is 11.7 Å². The first-order valence-corrected chi connectivity index (χ1v) is 11.3. The molecular weight excluding hydrogens is 424 g/mol. The fraction of sp³-hybridized carbons (Fsp3) is 0.150. The van der Waals surface area contributed by atoms with Crippen molar-refractivity contribution in [2.45, 2.75) is 23.9 Å². The average molecular weight is 443 g/mol. The second kappa shape index (κ2) is 8.74. The van der Waals surface area contributed by atoms with Crippen molar-refractivity contribution in [2.75, 3.05) is 0 Å². The molecule has 0 aliphatic rings. The third-order valence-corrected chi connectivity index (χ3v) is 6.50. The second-order valence-corrected chi connectivity index (χ2v) is 8.76. The minimum atomic E-state index is -4.02. The number of carbonyl (C=O) groups excluding carboxylic acids is 1. The number of carbonyl (C=O) groups is 1. The van der Waals surface area contributed by atoms with E-state index in [0.717, 1.165) is 17.3 Å². The maximum Gasteiger partial charge on any atom is 0.243 e. The quantitative estimate of drug-likeness (QED) is 0.433. The Morgan fingerprint density at radius 1 is 1.03 bits per heavy atom. The van der Waals surface area contributed by atoms with Crippen LogP contribution in [0.2, 0.25) is 0 Å². The van der Waals surface area contributed by atoms with E-state index in [0.29, 0.717) is 11.3 Å². The van der Waals surface area contributed by atoms with Gasteiger partial charge in [0, 0.05) is 0 Å². The molecule has 1 amide bonds. The van der Waals surface area contributed by atoms with E-state index >= 15 is 0 Å². The number of aromatic nitrogens is 2. The van der Waals surface area contributed by atoms with E-state index in [1.54, 1.807) is 24.3 Å². The van der Waals surface area contributed by atoms with Gasteiger partial charge >= 0.3 is 0 Å². The molecule has 0 fully saturated rings. The smallest absolute Gasteiger partial charge is 0.243 e. The Labute approximate surface area is 177 Å². The van der Waals surface area contributed by atoms with Crippen molar-refractivity contribution < 1.29 is 17.6 Å². The predicted molar refractivity (Wildman–Crippen MR) is 112 cm³/mol. The standard InChI is InChI=1S/C20H18N4O4S2/c25-20(21-13-15-8-5-11-28-15)17(12-14-6-2-1-3-7-14)24-30(26,27)18-10-4-9-16-19(18)23-29-22-16/h1-11,17,24H,12-13H2,(H,21,25)/t17-/m1/s1. The van der Waals surface area contributed by atoms with Crippen LogP contribution < -0.4 is 10.0 Å². The average Bonchev–Trinajstić information content (AvgIpc) is 3.43. The first kappa shape index (κ1) is 20.2. The van der Waals surface area contributed by atoms with Crippen molar-refractivity contribution >= 4 is 38.7 Å². The monoisotopic (exact) mass is 442 g/mol. The molecule has 8 nitrogen and oxygen atoms in total. The molecule has 0 unspecified atom stereocenters. The number of rotatable bonds is 8. The van der Waals surface area contributed by atoms with E-state index < -0.39 is 22.0 Å². The third kappa shape index (κ3) is 4.56. The number of sulfonamides is 1. The van der Waals surface area contributed by atoms with Gasteiger partial charge in [-0.3, -0.25) is 4.79 Å². The number of benzene rings is 2. The molecular formula is C20H18N4O4S2. The summed E-state index contributed by atoms with van der Waals surface area (Å²) in [4.78, 5) is 12.9. The summed E-state index contributed by atoms with van der Waals surface area (Å²) in [6, 6.07) is 16.4. The lowest BCUT2D eigenvalue weighted by Gasteiger charge is -2.18. The van der Waals surface area contributed by atoms with Gasteiger partial charge < -0.3 is 9.73 Å². The zero-order valence-electron chi connectivity index (χ0n) is 15.7. The Bertz CT molecular complexity index is 1240. The number of fused-ring (bicyclic) bond motifs is 1. The Morgan fingerprint density at radius 2 is 1.87 bits per heavy atom. The van der Waals surface area contributed by atoms with Gasteiger partial charge in [0.2, 0.25) is 15.9 Å². The van der Waals surface area contributed by atoms with Gasteiger partial charge in [-0.2, -0.15) is 13.5 Å². The highest BCUT2D eigenvalue weighted by Crippen LogP contribution is 2.21. The van der Waals surface area contributed by atoms with Gasteiger partial charge in [0.15, 0.2) is 0 Å². The molecule has 0 saturated heterocycles. The Balaban J connectivity index is 1.59. The summed E-state index contributed by atoms with van der Waals surface area (Å²) in [6.07, 6.45) is 1.70. The summed E-state index contributed by atoms with van der Waals surface area (Å²) in [5.74, 6) is 0.116. The van der Waals surface area contributed by atoms with Gasteiger partial charge in [-0.1, -0.05) is 36.4 Å². The summed E-state index contributed by atoms with van der Waals surface area (Å²) in [5, 5.41) is 2.73. The van der Waals surface area contributed by atoms with E-state index in [-0.39, 0.29) is 23.4 Å². The zero-order chi connectivity index (χ0) is 21.0. The van der Waals surface area contributed by atoms with Gasteiger partial charge in [-0.05, 0) is 36.2 Å². The molecule has 0 saturated carbocycles. The molecule has 0 aliphatic carbocycles. The van der Waals surface area contributed by atoms with Crippen LogP contribution in [0.5, 0.6) is 0 Å². The molecule has 2 heterocycles. The maximum atomic E-state index is 13.1. The molecule has 30 heavy (non-hydrogen) atoms. The van der Waals surface area contributed by atoms with Crippen LogP contribution in [-0.4, -0.2) is 29.1 Å². The first-order chi connectivity index (χ1) is 14.5. The molecule has 1 atom stereocenters. The number of amides is 1. The highest BCUT2D eigenvalue weighted by Gasteiger charge is 2.28. The lowest BCUT2D eigenvalue weighted by molar-refractivity contribution is -0.122. The Kier molecular flexibility index (Phi) is 5.88. The number of furan rings is 1. The molecule has 0 aliphatic heterocycles. The normalized spacial score (nSPS) is 12.7. The predicted octanol–water partition coefficient (Wildman–Crippen LogP) is 2.49. The lowest BCUT2D eigenvalue weighted by atomic mass is 10.1. The molecule has 2 aromatic heterocycles. The molecule has 0 spiro atoms.